The number of sulfonamides is 1. The van der Waals surface area contributed by atoms with Gasteiger partial charge in [-0.3, -0.25) is 4.79 Å². The molecule has 3 rings (SSSR count). The Hall–Kier alpha value is -2.58. The van der Waals surface area contributed by atoms with Crippen LogP contribution in [0.15, 0.2) is 53.4 Å². The maximum Gasteiger partial charge on any atom is 0.246 e. The van der Waals surface area contributed by atoms with Gasteiger partial charge in [-0.2, -0.15) is 4.31 Å². The normalized spacial score (nSPS) is 14.9. The Bertz CT molecular complexity index is 971. The number of amides is 1. The Labute approximate surface area is 179 Å². The third-order valence-corrected chi connectivity index (χ3v) is 7.24. The van der Waals surface area contributed by atoms with Crippen molar-refractivity contribution in [1.82, 2.24) is 4.31 Å². The molecule has 1 saturated heterocycles. The molecule has 0 radical (unpaired) electrons. The van der Waals surface area contributed by atoms with Gasteiger partial charge in [-0.05, 0) is 43.2 Å². The van der Waals surface area contributed by atoms with E-state index in [-0.39, 0.29) is 17.3 Å². The summed E-state index contributed by atoms with van der Waals surface area (Å²) in [5, 5.41) is 3.14. The van der Waals surface area contributed by atoms with Gasteiger partial charge in [0.05, 0.1) is 22.8 Å². The van der Waals surface area contributed by atoms with E-state index >= 15 is 0 Å². The Morgan fingerprint density at radius 1 is 1.00 bits per heavy atom. The maximum absolute atomic E-state index is 13.1. The van der Waals surface area contributed by atoms with Crippen LogP contribution in [0.3, 0.4) is 0 Å². The van der Waals surface area contributed by atoms with Crippen LogP contribution in [0, 0.1) is 0 Å². The van der Waals surface area contributed by atoms with Crippen molar-refractivity contribution in [3.63, 3.8) is 0 Å². The molecule has 2 aromatic rings. The fourth-order valence-electron chi connectivity index (χ4n) is 3.55. The van der Waals surface area contributed by atoms with E-state index in [0.717, 1.165) is 30.6 Å². The summed E-state index contributed by atoms with van der Waals surface area (Å²) >= 11 is 0. The minimum atomic E-state index is -3.55. The van der Waals surface area contributed by atoms with E-state index in [9.17, 15) is 13.2 Å². The van der Waals surface area contributed by atoms with Gasteiger partial charge in [0, 0.05) is 39.9 Å². The minimum Gasteiger partial charge on any atom is -0.376 e. The number of nitrogens with one attached hydrogen (secondary N) is 1. The number of rotatable bonds is 7. The van der Waals surface area contributed by atoms with Crippen molar-refractivity contribution in [3.8, 4) is 0 Å². The molecule has 0 unspecified atom stereocenters. The zero-order chi connectivity index (χ0) is 21.7. The van der Waals surface area contributed by atoms with Crippen LogP contribution in [0.25, 0.3) is 0 Å². The van der Waals surface area contributed by atoms with Gasteiger partial charge in [0.1, 0.15) is 0 Å². The maximum atomic E-state index is 13.1. The molecule has 2 aromatic carbocycles. The first kappa shape index (κ1) is 22.1. The van der Waals surface area contributed by atoms with Crippen LogP contribution in [0.5, 0.6) is 0 Å². The number of para-hydroxylation sites is 1. The highest BCUT2D eigenvalue weighted by atomic mass is 32.2. The van der Waals surface area contributed by atoms with Crippen LogP contribution in [0.1, 0.15) is 19.3 Å². The van der Waals surface area contributed by atoms with Gasteiger partial charge in [-0.15, -0.1) is 0 Å². The van der Waals surface area contributed by atoms with Gasteiger partial charge in [0.15, 0.2) is 0 Å². The molecule has 1 aliphatic rings. The number of nitrogens with zero attached hydrogens (tertiary/aromatic N) is 3. The van der Waals surface area contributed by atoms with Crippen molar-refractivity contribution < 1.29 is 13.2 Å². The van der Waals surface area contributed by atoms with Crippen molar-refractivity contribution >= 4 is 33.0 Å². The Kier molecular flexibility index (Phi) is 6.99. The summed E-state index contributed by atoms with van der Waals surface area (Å²) in [6.07, 6.45) is 2.84. The summed E-state index contributed by atoms with van der Waals surface area (Å²) < 4.78 is 27.7. The lowest BCUT2D eigenvalue weighted by molar-refractivity contribution is -0.116. The van der Waals surface area contributed by atoms with Gasteiger partial charge in [-0.1, -0.05) is 24.6 Å². The second-order valence-corrected chi connectivity index (χ2v) is 9.62. The number of hydrogen-bond acceptors (Lipinski definition) is 5. The first-order valence-corrected chi connectivity index (χ1v) is 11.6. The van der Waals surface area contributed by atoms with Crippen molar-refractivity contribution in [1.29, 1.82) is 0 Å². The Morgan fingerprint density at radius 3 is 2.30 bits per heavy atom. The molecule has 0 spiro atoms. The van der Waals surface area contributed by atoms with Crippen molar-refractivity contribution in [2.75, 3.05) is 55.9 Å². The fourth-order valence-corrected chi connectivity index (χ4v) is 5.09. The van der Waals surface area contributed by atoms with Crippen LogP contribution < -0.4 is 15.1 Å². The van der Waals surface area contributed by atoms with Gasteiger partial charge in [0.25, 0.3) is 0 Å². The lowest BCUT2D eigenvalue weighted by Crippen LogP contribution is -2.35. The quantitative estimate of drug-likeness (QED) is 0.731. The topological polar surface area (TPSA) is 73.0 Å². The van der Waals surface area contributed by atoms with E-state index in [1.807, 2.05) is 49.3 Å². The van der Waals surface area contributed by atoms with Crippen LogP contribution in [0.4, 0.5) is 17.1 Å². The molecule has 30 heavy (non-hydrogen) atoms. The zero-order valence-electron chi connectivity index (χ0n) is 17.8. The summed E-state index contributed by atoms with van der Waals surface area (Å²) in [4.78, 5) is 16.4. The number of carbonyl (C=O) groups excluding carboxylic acids is 1. The number of hydrogen-bond donors (Lipinski definition) is 1. The molecule has 0 saturated carbocycles. The molecule has 8 heteroatoms. The van der Waals surface area contributed by atoms with Crippen LogP contribution >= 0.6 is 0 Å². The number of anilines is 3. The molecular weight excluding hydrogens is 400 g/mol. The van der Waals surface area contributed by atoms with E-state index in [2.05, 4.69) is 5.32 Å². The summed E-state index contributed by atoms with van der Waals surface area (Å²) in [6, 6.07) is 14.5. The molecule has 1 amide bonds. The second-order valence-electron chi connectivity index (χ2n) is 7.68. The first-order chi connectivity index (χ1) is 14.3. The van der Waals surface area contributed by atoms with Crippen molar-refractivity contribution in [2.24, 2.45) is 0 Å². The fraction of sp³-hybridized carbons (Fsp3) is 0.409. The number of benzene rings is 2. The monoisotopic (exact) mass is 430 g/mol. The molecule has 1 fully saturated rings. The zero-order valence-corrected chi connectivity index (χ0v) is 18.7. The highest BCUT2D eigenvalue weighted by molar-refractivity contribution is 7.89. The third kappa shape index (κ3) is 4.94. The summed E-state index contributed by atoms with van der Waals surface area (Å²) in [5.74, 6) is -0.116. The molecule has 1 N–H and O–H groups in total. The average molecular weight is 431 g/mol. The predicted molar refractivity (Wildman–Crippen MR) is 122 cm³/mol. The smallest absolute Gasteiger partial charge is 0.246 e. The molecule has 7 nitrogen and oxygen atoms in total. The molecule has 0 aliphatic carbocycles. The largest absolute Gasteiger partial charge is 0.376 e. The molecule has 0 atom stereocenters. The molecule has 1 aliphatic heterocycles. The predicted octanol–water partition coefficient (Wildman–Crippen LogP) is 3.00. The second kappa shape index (κ2) is 9.49. The lowest BCUT2D eigenvalue weighted by Gasteiger charge is -2.27. The SMILES string of the molecule is CN(C)c1ccc(S(=O)(=O)N2CCCCC2)cc1NCC(=O)N(C)c1ccccc1. The van der Waals surface area contributed by atoms with E-state index in [4.69, 9.17) is 0 Å². The standard InChI is InChI=1S/C22H30N4O3S/c1-24(2)21-13-12-19(30(28,29)26-14-8-5-9-15-26)16-20(21)23-17-22(27)25(3)18-10-6-4-7-11-18/h4,6-7,10-13,16,23H,5,8-9,14-15,17H2,1-3H3. The number of carbonyl (C=O) groups is 1. The van der Waals surface area contributed by atoms with E-state index < -0.39 is 10.0 Å². The summed E-state index contributed by atoms with van der Waals surface area (Å²) in [5.41, 5.74) is 2.24. The molecule has 1 heterocycles. The van der Waals surface area contributed by atoms with E-state index in [1.165, 1.54) is 0 Å². The minimum absolute atomic E-state index is 0.0550. The molecule has 0 bridgehead atoms. The molecule has 162 valence electrons. The summed E-state index contributed by atoms with van der Waals surface area (Å²) in [7, 11) is 1.95. The van der Waals surface area contributed by atoms with Gasteiger partial charge < -0.3 is 15.1 Å². The molecular formula is C22H30N4O3S. The van der Waals surface area contributed by atoms with Crippen LogP contribution in [-0.2, 0) is 14.8 Å². The summed E-state index contributed by atoms with van der Waals surface area (Å²) in [6.45, 7) is 1.17. The van der Waals surface area contributed by atoms with Gasteiger partial charge >= 0.3 is 0 Å². The van der Waals surface area contributed by atoms with Crippen LogP contribution in [0.2, 0.25) is 0 Å². The van der Waals surface area contributed by atoms with Crippen molar-refractivity contribution in [3.05, 3.63) is 48.5 Å². The van der Waals surface area contributed by atoms with Gasteiger partial charge in [-0.25, -0.2) is 8.42 Å². The van der Waals surface area contributed by atoms with Crippen molar-refractivity contribution in [2.45, 2.75) is 24.2 Å². The average Bonchev–Trinajstić information content (AvgIpc) is 2.77. The molecule has 0 aromatic heterocycles. The van der Waals surface area contributed by atoms with E-state index in [1.54, 1.807) is 34.5 Å². The number of likely N-dealkylation sites (N-methyl/N-ethyl adjacent to an activating group) is 1. The Morgan fingerprint density at radius 2 is 1.67 bits per heavy atom. The number of piperidine rings is 1. The first-order valence-electron chi connectivity index (χ1n) is 10.2. The van der Waals surface area contributed by atoms with Gasteiger partial charge in [0.2, 0.25) is 15.9 Å². The highest BCUT2D eigenvalue weighted by Gasteiger charge is 2.27. The van der Waals surface area contributed by atoms with Crippen LogP contribution in [-0.4, -0.2) is 59.4 Å². The Balaban J connectivity index is 1.80. The third-order valence-electron chi connectivity index (χ3n) is 5.35. The highest BCUT2D eigenvalue weighted by Crippen LogP contribution is 2.30. The lowest BCUT2D eigenvalue weighted by atomic mass is 10.2. The van der Waals surface area contributed by atoms with E-state index in [0.29, 0.717) is 18.8 Å².